The number of nitrogens with zero attached hydrogens (tertiary/aromatic N) is 1. The second-order valence-electron chi connectivity index (χ2n) is 3.21. The van der Waals surface area contributed by atoms with Crippen LogP contribution in [0.1, 0.15) is 6.42 Å². The Morgan fingerprint density at radius 1 is 1.71 bits per heavy atom. The number of carbonyl (C=O) groups is 1. The van der Waals surface area contributed by atoms with Crippen LogP contribution in [0.3, 0.4) is 0 Å². The molecule has 0 amide bonds. The number of H-pyrrole nitrogens is 1. The summed E-state index contributed by atoms with van der Waals surface area (Å²) in [4.78, 5) is 10.8. The van der Waals surface area contributed by atoms with Gasteiger partial charge in [0.1, 0.15) is 6.04 Å². The first-order chi connectivity index (χ1) is 7.97. The molecule has 0 aliphatic heterocycles. The molecule has 1 rings (SSSR count). The SMILES string of the molecule is COCCC(NS(=O)(=O)c1ccn[nH]1)C(=O)O. The summed E-state index contributed by atoms with van der Waals surface area (Å²) in [6.07, 6.45) is 1.30. The lowest BCUT2D eigenvalue weighted by atomic mass is 10.2. The number of carboxylic acids is 1. The topological polar surface area (TPSA) is 121 Å². The number of hydrogen-bond donors (Lipinski definition) is 3. The first-order valence-electron chi connectivity index (χ1n) is 4.71. The molecule has 0 fully saturated rings. The Morgan fingerprint density at radius 2 is 2.41 bits per heavy atom. The van der Waals surface area contributed by atoms with E-state index in [4.69, 9.17) is 9.84 Å². The second kappa shape index (κ2) is 5.75. The zero-order chi connectivity index (χ0) is 12.9. The summed E-state index contributed by atoms with van der Waals surface area (Å²) in [7, 11) is -2.49. The number of sulfonamides is 1. The number of aromatic nitrogens is 2. The van der Waals surface area contributed by atoms with E-state index < -0.39 is 22.0 Å². The molecule has 0 aromatic carbocycles. The van der Waals surface area contributed by atoms with E-state index in [1.165, 1.54) is 19.4 Å². The van der Waals surface area contributed by atoms with E-state index >= 15 is 0 Å². The summed E-state index contributed by atoms with van der Waals surface area (Å²) in [6.45, 7) is 0.141. The van der Waals surface area contributed by atoms with Crippen LogP contribution in [0.25, 0.3) is 0 Å². The Hall–Kier alpha value is -1.45. The Bertz CT molecular complexity index is 456. The van der Waals surface area contributed by atoms with Crippen molar-refractivity contribution in [2.45, 2.75) is 17.5 Å². The standard InChI is InChI=1S/C8H13N3O5S/c1-16-5-3-6(8(12)13)11-17(14,15)7-2-4-9-10-7/h2,4,6,11H,3,5H2,1H3,(H,9,10)(H,12,13). The minimum atomic E-state index is -3.90. The van der Waals surface area contributed by atoms with Crippen LogP contribution in [-0.2, 0) is 19.6 Å². The smallest absolute Gasteiger partial charge is 0.321 e. The van der Waals surface area contributed by atoms with Crippen LogP contribution < -0.4 is 4.72 Å². The fraction of sp³-hybridized carbons (Fsp3) is 0.500. The van der Waals surface area contributed by atoms with Gasteiger partial charge in [0.05, 0.1) is 6.20 Å². The lowest BCUT2D eigenvalue weighted by Gasteiger charge is -2.13. The number of methoxy groups -OCH3 is 1. The average molecular weight is 263 g/mol. The molecule has 3 N–H and O–H groups in total. The lowest BCUT2D eigenvalue weighted by molar-refractivity contribution is -0.139. The van der Waals surface area contributed by atoms with Gasteiger partial charge < -0.3 is 9.84 Å². The van der Waals surface area contributed by atoms with Crippen molar-refractivity contribution >= 4 is 16.0 Å². The molecule has 0 spiro atoms. The van der Waals surface area contributed by atoms with Gasteiger partial charge in [-0.1, -0.05) is 0 Å². The molecule has 0 bridgehead atoms. The monoisotopic (exact) mass is 263 g/mol. The molecule has 96 valence electrons. The van der Waals surface area contributed by atoms with Crippen molar-refractivity contribution in [3.05, 3.63) is 12.3 Å². The van der Waals surface area contributed by atoms with Gasteiger partial charge in [0.25, 0.3) is 10.0 Å². The van der Waals surface area contributed by atoms with Crippen molar-refractivity contribution in [1.82, 2.24) is 14.9 Å². The molecule has 1 unspecified atom stereocenters. The third-order valence-electron chi connectivity index (χ3n) is 1.97. The minimum absolute atomic E-state index is 0.0409. The van der Waals surface area contributed by atoms with Crippen LogP contribution in [0.4, 0.5) is 0 Å². The average Bonchev–Trinajstić information content (AvgIpc) is 2.77. The lowest BCUT2D eigenvalue weighted by Crippen LogP contribution is -2.41. The van der Waals surface area contributed by atoms with Gasteiger partial charge in [-0.2, -0.15) is 9.82 Å². The van der Waals surface area contributed by atoms with Gasteiger partial charge in [0, 0.05) is 13.7 Å². The van der Waals surface area contributed by atoms with Crippen molar-refractivity contribution in [3.63, 3.8) is 0 Å². The predicted octanol–water partition coefficient (Wildman–Crippen LogP) is -0.822. The van der Waals surface area contributed by atoms with Gasteiger partial charge in [-0.25, -0.2) is 8.42 Å². The minimum Gasteiger partial charge on any atom is -0.480 e. The highest BCUT2D eigenvalue weighted by atomic mass is 32.2. The van der Waals surface area contributed by atoms with E-state index in [9.17, 15) is 13.2 Å². The van der Waals surface area contributed by atoms with Crippen molar-refractivity contribution < 1.29 is 23.1 Å². The van der Waals surface area contributed by atoms with Gasteiger partial charge in [0.2, 0.25) is 0 Å². The molecule has 8 nitrogen and oxygen atoms in total. The maximum absolute atomic E-state index is 11.7. The molecule has 0 aliphatic carbocycles. The van der Waals surface area contributed by atoms with Crippen LogP contribution in [0.2, 0.25) is 0 Å². The highest BCUT2D eigenvalue weighted by molar-refractivity contribution is 7.89. The number of aliphatic carboxylic acids is 1. The van der Waals surface area contributed by atoms with E-state index in [0.717, 1.165) is 0 Å². The molecule has 9 heteroatoms. The van der Waals surface area contributed by atoms with Crippen molar-refractivity contribution in [2.75, 3.05) is 13.7 Å². The Kier molecular flexibility index (Phi) is 4.61. The van der Waals surface area contributed by atoms with E-state index in [-0.39, 0.29) is 18.1 Å². The van der Waals surface area contributed by atoms with Crippen LogP contribution in [0.5, 0.6) is 0 Å². The molecule has 0 saturated carbocycles. The molecule has 17 heavy (non-hydrogen) atoms. The number of rotatable bonds is 7. The predicted molar refractivity (Wildman–Crippen MR) is 56.8 cm³/mol. The van der Waals surface area contributed by atoms with E-state index in [1.54, 1.807) is 0 Å². The summed E-state index contributed by atoms with van der Waals surface area (Å²) in [5.74, 6) is -1.26. The summed E-state index contributed by atoms with van der Waals surface area (Å²) in [5, 5.41) is 14.4. The normalized spacial score (nSPS) is 13.5. The molecular formula is C8H13N3O5S. The molecule has 0 aliphatic rings. The summed E-state index contributed by atoms with van der Waals surface area (Å²) in [6, 6.07) is 0.000593. The molecule has 1 heterocycles. The molecule has 1 aromatic heterocycles. The number of carboxylic acid groups (broad SMARTS) is 1. The summed E-state index contributed by atoms with van der Waals surface area (Å²) in [5.41, 5.74) is 0. The first-order valence-corrected chi connectivity index (χ1v) is 6.19. The molecule has 1 atom stereocenters. The van der Waals surface area contributed by atoms with E-state index in [1.807, 2.05) is 0 Å². The van der Waals surface area contributed by atoms with E-state index in [0.29, 0.717) is 0 Å². The molecular weight excluding hydrogens is 250 g/mol. The third kappa shape index (κ3) is 3.80. The number of ether oxygens (including phenoxy) is 1. The van der Waals surface area contributed by atoms with Gasteiger partial charge in [-0.15, -0.1) is 0 Å². The third-order valence-corrected chi connectivity index (χ3v) is 3.37. The number of aromatic amines is 1. The number of hydrogen-bond acceptors (Lipinski definition) is 5. The Morgan fingerprint density at radius 3 is 2.88 bits per heavy atom. The zero-order valence-corrected chi connectivity index (χ0v) is 9.90. The van der Waals surface area contributed by atoms with Crippen molar-refractivity contribution in [3.8, 4) is 0 Å². The van der Waals surface area contributed by atoms with Crippen LogP contribution in [-0.4, -0.2) is 49.4 Å². The van der Waals surface area contributed by atoms with Gasteiger partial charge in [0.15, 0.2) is 5.03 Å². The molecule has 0 saturated heterocycles. The maximum Gasteiger partial charge on any atom is 0.321 e. The van der Waals surface area contributed by atoms with Crippen molar-refractivity contribution in [1.29, 1.82) is 0 Å². The van der Waals surface area contributed by atoms with E-state index in [2.05, 4.69) is 14.9 Å². The van der Waals surface area contributed by atoms with Gasteiger partial charge in [-0.05, 0) is 12.5 Å². The second-order valence-corrected chi connectivity index (χ2v) is 4.90. The fourth-order valence-electron chi connectivity index (χ4n) is 1.11. The Balaban J connectivity index is 2.76. The quantitative estimate of drug-likeness (QED) is 0.590. The fourth-order valence-corrected chi connectivity index (χ4v) is 2.25. The van der Waals surface area contributed by atoms with Crippen LogP contribution in [0.15, 0.2) is 17.3 Å². The Labute approximate surface area is 98.0 Å². The molecule has 0 radical (unpaired) electrons. The number of nitrogens with one attached hydrogen (secondary N) is 2. The van der Waals surface area contributed by atoms with Gasteiger partial charge >= 0.3 is 5.97 Å². The maximum atomic E-state index is 11.7. The van der Waals surface area contributed by atoms with Crippen LogP contribution in [0, 0.1) is 0 Å². The zero-order valence-electron chi connectivity index (χ0n) is 9.08. The molecule has 1 aromatic rings. The summed E-state index contributed by atoms with van der Waals surface area (Å²) < 4.78 is 30.1. The van der Waals surface area contributed by atoms with Gasteiger partial charge in [-0.3, -0.25) is 9.89 Å². The highest BCUT2D eigenvalue weighted by Crippen LogP contribution is 2.05. The summed E-state index contributed by atoms with van der Waals surface area (Å²) >= 11 is 0. The first kappa shape index (κ1) is 13.6. The highest BCUT2D eigenvalue weighted by Gasteiger charge is 2.25. The largest absolute Gasteiger partial charge is 0.480 e. The van der Waals surface area contributed by atoms with Crippen molar-refractivity contribution in [2.24, 2.45) is 0 Å². The van der Waals surface area contributed by atoms with Crippen LogP contribution >= 0.6 is 0 Å².